The third-order valence-corrected chi connectivity index (χ3v) is 4.94. The lowest BCUT2D eigenvalue weighted by Crippen LogP contribution is -2.38. The van der Waals surface area contributed by atoms with Gasteiger partial charge < -0.3 is 15.7 Å². The minimum atomic E-state index is 0.0113. The van der Waals surface area contributed by atoms with Crippen molar-refractivity contribution in [3.8, 4) is 0 Å². The summed E-state index contributed by atoms with van der Waals surface area (Å²) in [5, 5.41) is 15.7. The Labute approximate surface area is 146 Å². The summed E-state index contributed by atoms with van der Waals surface area (Å²) in [6.07, 6.45) is 8.02. The van der Waals surface area contributed by atoms with Gasteiger partial charge in [-0.3, -0.25) is 4.79 Å². The number of aliphatic hydroxyl groups excluding tert-OH is 1. The number of aliphatic hydroxyl groups is 1. The van der Waals surface area contributed by atoms with Crippen molar-refractivity contribution >= 4 is 5.91 Å². The van der Waals surface area contributed by atoms with Crippen molar-refractivity contribution in [3.63, 3.8) is 0 Å². The minimum absolute atomic E-state index is 0.0113. The molecule has 4 heteroatoms. The summed E-state index contributed by atoms with van der Waals surface area (Å²) in [5.41, 5.74) is 1.90. The molecule has 1 aliphatic carbocycles. The van der Waals surface area contributed by atoms with Gasteiger partial charge in [0.2, 0.25) is 0 Å². The molecule has 0 heterocycles. The maximum Gasteiger partial charge on any atom is 0.251 e. The van der Waals surface area contributed by atoms with Crippen LogP contribution in [0.15, 0.2) is 24.3 Å². The summed E-state index contributed by atoms with van der Waals surface area (Å²) in [5.74, 6) is 0.680. The molecule has 1 saturated carbocycles. The predicted molar refractivity (Wildman–Crippen MR) is 98.0 cm³/mol. The van der Waals surface area contributed by atoms with Gasteiger partial charge in [-0.2, -0.15) is 0 Å². The number of benzene rings is 1. The molecule has 0 aromatic heterocycles. The number of nitrogens with one attached hydrogen (secondary N) is 2. The average Bonchev–Trinajstić information content (AvgIpc) is 2.63. The van der Waals surface area contributed by atoms with E-state index < -0.39 is 0 Å². The molecule has 1 amide bonds. The van der Waals surface area contributed by atoms with Gasteiger partial charge in [-0.1, -0.05) is 31.9 Å². The van der Waals surface area contributed by atoms with Crippen LogP contribution in [-0.4, -0.2) is 30.2 Å². The smallest absolute Gasteiger partial charge is 0.251 e. The van der Waals surface area contributed by atoms with Crippen LogP contribution < -0.4 is 10.6 Å². The van der Waals surface area contributed by atoms with Gasteiger partial charge in [0.25, 0.3) is 5.91 Å². The first kappa shape index (κ1) is 18.9. The molecule has 2 rings (SSSR count). The number of rotatable bonds is 9. The first-order chi connectivity index (χ1) is 11.7. The van der Waals surface area contributed by atoms with Crippen LogP contribution in [0.4, 0.5) is 0 Å². The Morgan fingerprint density at radius 2 is 2.12 bits per heavy atom. The van der Waals surface area contributed by atoms with Gasteiger partial charge in [0.15, 0.2) is 0 Å². The summed E-state index contributed by atoms with van der Waals surface area (Å²) in [4.78, 5) is 12.1. The van der Waals surface area contributed by atoms with E-state index in [9.17, 15) is 4.79 Å². The van der Waals surface area contributed by atoms with Gasteiger partial charge in [0.05, 0.1) is 0 Å². The second-order valence-electron chi connectivity index (χ2n) is 6.85. The lowest BCUT2D eigenvalue weighted by Gasteiger charge is -2.32. The molecule has 134 valence electrons. The monoisotopic (exact) mass is 332 g/mol. The molecule has 1 aliphatic rings. The summed E-state index contributed by atoms with van der Waals surface area (Å²) in [7, 11) is 0. The highest BCUT2D eigenvalue weighted by Gasteiger charge is 2.24. The summed E-state index contributed by atoms with van der Waals surface area (Å²) >= 11 is 0. The fourth-order valence-corrected chi connectivity index (χ4v) is 3.59. The Bertz CT molecular complexity index is 504. The molecular weight excluding hydrogens is 300 g/mol. The van der Waals surface area contributed by atoms with E-state index in [0.717, 1.165) is 43.5 Å². The van der Waals surface area contributed by atoms with Crippen LogP contribution in [0, 0.1) is 5.92 Å². The van der Waals surface area contributed by atoms with Gasteiger partial charge in [0.1, 0.15) is 0 Å². The molecule has 2 atom stereocenters. The molecule has 3 N–H and O–H groups in total. The molecule has 0 aliphatic heterocycles. The standard InChI is InChI=1S/C20H32N2O2/c1-2-12-21-20(24)18-9-5-7-16(14-18)15-22-19-11-4-3-8-17(19)10-6-13-23/h5,7,9,14,17,19,22-23H,2-4,6,8,10-13,15H2,1H3,(H,21,24). The molecule has 1 fully saturated rings. The highest BCUT2D eigenvalue weighted by molar-refractivity contribution is 5.94. The molecular formula is C20H32N2O2. The molecule has 1 aromatic rings. The van der Waals surface area contributed by atoms with Crippen LogP contribution in [0.2, 0.25) is 0 Å². The Morgan fingerprint density at radius 1 is 1.29 bits per heavy atom. The molecule has 24 heavy (non-hydrogen) atoms. The Morgan fingerprint density at radius 3 is 2.92 bits per heavy atom. The lowest BCUT2D eigenvalue weighted by molar-refractivity contribution is 0.0953. The summed E-state index contributed by atoms with van der Waals surface area (Å²) in [6.45, 7) is 3.86. The second kappa shape index (κ2) is 10.5. The predicted octanol–water partition coefficient (Wildman–Crippen LogP) is 3.25. The van der Waals surface area contributed by atoms with E-state index in [1.54, 1.807) is 0 Å². The molecule has 2 unspecified atom stereocenters. The van der Waals surface area contributed by atoms with E-state index in [1.807, 2.05) is 18.2 Å². The number of amides is 1. The molecule has 0 spiro atoms. The van der Waals surface area contributed by atoms with E-state index >= 15 is 0 Å². The van der Waals surface area contributed by atoms with E-state index in [2.05, 4.69) is 23.6 Å². The second-order valence-corrected chi connectivity index (χ2v) is 6.85. The summed E-state index contributed by atoms with van der Waals surface area (Å²) in [6, 6.07) is 8.43. The van der Waals surface area contributed by atoms with Crippen molar-refractivity contribution in [2.24, 2.45) is 5.92 Å². The highest BCUT2D eigenvalue weighted by atomic mass is 16.2. The van der Waals surface area contributed by atoms with Crippen LogP contribution in [0.5, 0.6) is 0 Å². The maximum absolute atomic E-state index is 12.1. The fourth-order valence-electron chi connectivity index (χ4n) is 3.59. The molecule has 0 saturated heterocycles. The zero-order chi connectivity index (χ0) is 17.2. The van der Waals surface area contributed by atoms with Gasteiger partial charge in [-0.15, -0.1) is 0 Å². The molecule has 1 aromatic carbocycles. The van der Waals surface area contributed by atoms with E-state index in [0.29, 0.717) is 12.0 Å². The third-order valence-electron chi connectivity index (χ3n) is 4.94. The average molecular weight is 332 g/mol. The van der Waals surface area contributed by atoms with Crippen molar-refractivity contribution in [1.82, 2.24) is 10.6 Å². The van der Waals surface area contributed by atoms with Crippen molar-refractivity contribution in [2.45, 2.75) is 64.5 Å². The van der Waals surface area contributed by atoms with Gasteiger partial charge in [0, 0.05) is 31.3 Å². The number of carbonyl (C=O) groups excluding carboxylic acids is 1. The first-order valence-electron chi connectivity index (χ1n) is 9.46. The van der Waals surface area contributed by atoms with E-state index in [4.69, 9.17) is 5.11 Å². The maximum atomic E-state index is 12.1. The largest absolute Gasteiger partial charge is 0.396 e. The molecule has 0 bridgehead atoms. The zero-order valence-electron chi connectivity index (χ0n) is 14.9. The van der Waals surface area contributed by atoms with Crippen LogP contribution in [-0.2, 0) is 6.54 Å². The van der Waals surface area contributed by atoms with E-state index in [1.165, 1.54) is 25.7 Å². The minimum Gasteiger partial charge on any atom is -0.396 e. The van der Waals surface area contributed by atoms with Crippen molar-refractivity contribution < 1.29 is 9.90 Å². The van der Waals surface area contributed by atoms with Crippen LogP contribution >= 0.6 is 0 Å². The summed E-state index contributed by atoms with van der Waals surface area (Å²) < 4.78 is 0. The van der Waals surface area contributed by atoms with Gasteiger partial charge in [-0.05, 0) is 55.7 Å². The quantitative estimate of drug-likeness (QED) is 0.650. The fraction of sp³-hybridized carbons (Fsp3) is 0.650. The van der Waals surface area contributed by atoms with Crippen molar-refractivity contribution in [1.29, 1.82) is 0 Å². The van der Waals surface area contributed by atoms with E-state index in [-0.39, 0.29) is 12.5 Å². The van der Waals surface area contributed by atoms with Crippen molar-refractivity contribution in [3.05, 3.63) is 35.4 Å². The lowest BCUT2D eigenvalue weighted by atomic mass is 9.81. The topological polar surface area (TPSA) is 61.4 Å². The van der Waals surface area contributed by atoms with Crippen LogP contribution in [0.3, 0.4) is 0 Å². The van der Waals surface area contributed by atoms with Gasteiger partial charge in [-0.25, -0.2) is 0 Å². The Kier molecular flexibility index (Phi) is 8.26. The Hall–Kier alpha value is -1.39. The molecule has 0 radical (unpaired) electrons. The van der Waals surface area contributed by atoms with Crippen LogP contribution in [0.1, 0.15) is 67.8 Å². The SMILES string of the molecule is CCCNC(=O)c1cccc(CNC2CCCCC2CCCO)c1. The number of carbonyl (C=O) groups is 1. The Balaban J connectivity index is 1.89. The number of hydrogen-bond acceptors (Lipinski definition) is 3. The van der Waals surface area contributed by atoms with Crippen LogP contribution in [0.25, 0.3) is 0 Å². The normalized spacial score (nSPS) is 20.8. The molecule has 4 nitrogen and oxygen atoms in total. The highest BCUT2D eigenvalue weighted by Crippen LogP contribution is 2.28. The van der Waals surface area contributed by atoms with Gasteiger partial charge >= 0.3 is 0 Å². The van der Waals surface area contributed by atoms with Crippen molar-refractivity contribution in [2.75, 3.05) is 13.2 Å². The number of hydrogen-bond donors (Lipinski definition) is 3. The first-order valence-corrected chi connectivity index (χ1v) is 9.46. The zero-order valence-corrected chi connectivity index (χ0v) is 14.9. The third kappa shape index (κ3) is 5.91.